The van der Waals surface area contributed by atoms with E-state index in [0.29, 0.717) is 29.2 Å². The average Bonchev–Trinajstić information content (AvgIpc) is 3.20. The van der Waals surface area contributed by atoms with Crippen LogP contribution < -0.4 is 5.32 Å². The van der Waals surface area contributed by atoms with Crippen LogP contribution in [-0.2, 0) is 28.9 Å². The Morgan fingerprint density at radius 1 is 1.37 bits per heavy atom. The normalized spacial score (nSPS) is 13.0. The molecule has 1 aliphatic carbocycles. The molecule has 0 atom stereocenters. The minimum atomic E-state index is -0.631. The number of hydrogen-bond acceptors (Lipinski definition) is 7. The second kappa shape index (κ2) is 9.57. The monoisotopic (exact) mass is 454 g/mol. The summed E-state index contributed by atoms with van der Waals surface area (Å²) in [6, 6.07) is 0. The number of nitrogens with zero attached hydrogens (tertiary/aromatic N) is 3. The molecule has 11 heteroatoms. The zero-order valence-corrected chi connectivity index (χ0v) is 18.4. The third-order valence-electron chi connectivity index (χ3n) is 4.97. The number of fused-ring (bicyclic) bond motifs is 1. The molecule has 1 N–H and O–H groups in total. The first-order valence-electron chi connectivity index (χ1n) is 9.82. The lowest BCUT2D eigenvalue weighted by molar-refractivity contribution is -0.389. The highest BCUT2D eigenvalue weighted by Gasteiger charge is 2.27. The number of amides is 1. The molecule has 0 aliphatic heterocycles. The first-order valence-corrected chi connectivity index (χ1v) is 11.0. The maximum absolute atomic E-state index is 12.5. The molecule has 2 aromatic heterocycles. The number of carbonyl (C=O) groups is 2. The van der Waals surface area contributed by atoms with E-state index in [1.54, 1.807) is 13.8 Å². The van der Waals surface area contributed by atoms with E-state index >= 15 is 0 Å². The molecule has 0 spiro atoms. The van der Waals surface area contributed by atoms with Gasteiger partial charge in [0.05, 0.1) is 29.5 Å². The molecule has 0 fully saturated rings. The van der Waals surface area contributed by atoms with Gasteiger partial charge in [-0.15, -0.1) is 11.3 Å². The minimum absolute atomic E-state index is 0.00713. The summed E-state index contributed by atoms with van der Waals surface area (Å²) in [4.78, 5) is 36.4. The Kier molecular flexibility index (Phi) is 7.09. The van der Waals surface area contributed by atoms with E-state index in [0.717, 1.165) is 36.1 Å². The third-order valence-corrected chi connectivity index (χ3v) is 6.62. The van der Waals surface area contributed by atoms with Crippen LogP contribution in [0.3, 0.4) is 0 Å². The predicted octanol–water partition coefficient (Wildman–Crippen LogP) is 4.29. The van der Waals surface area contributed by atoms with Gasteiger partial charge in [0.25, 0.3) is 0 Å². The number of rotatable bonds is 8. The SMILES string of the molecule is CCOC(=O)c1c(NC(=O)CCCn2nc([N+](=O)[O-])c(Cl)c2C)sc2c1CCCC2. The molecule has 0 unspecified atom stereocenters. The van der Waals surface area contributed by atoms with E-state index in [4.69, 9.17) is 16.3 Å². The van der Waals surface area contributed by atoms with Crippen molar-refractivity contribution in [3.8, 4) is 0 Å². The van der Waals surface area contributed by atoms with Crippen LogP contribution in [0.15, 0.2) is 0 Å². The van der Waals surface area contributed by atoms with Crippen molar-refractivity contribution < 1.29 is 19.2 Å². The average molecular weight is 455 g/mol. The molecule has 0 saturated heterocycles. The molecule has 9 nitrogen and oxygen atoms in total. The van der Waals surface area contributed by atoms with Crippen LogP contribution >= 0.6 is 22.9 Å². The van der Waals surface area contributed by atoms with Gasteiger partial charge < -0.3 is 20.2 Å². The lowest BCUT2D eigenvalue weighted by atomic mass is 9.95. The van der Waals surface area contributed by atoms with E-state index < -0.39 is 10.9 Å². The zero-order valence-electron chi connectivity index (χ0n) is 16.8. The fraction of sp³-hybridized carbons (Fsp3) is 0.526. The van der Waals surface area contributed by atoms with Crippen molar-refractivity contribution in [3.63, 3.8) is 0 Å². The summed E-state index contributed by atoms with van der Waals surface area (Å²) < 4.78 is 6.63. The number of nitro groups is 1. The Bertz CT molecular complexity index is 984. The molecule has 0 bridgehead atoms. The van der Waals surface area contributed by atoms with Gasteiger partial charge in [0.2, 0.25) is 5.91 Å². The van der Waals surface area contributed by atoms with Crippen molar-refractivity contribution in [2.45, 2.75) is 58.9 Å². The summed E-state index contributed by atoms with van der Waals surface area (Å²) in [5.74, 6) is -1.02. The fourth-order valence-electron chi connectivity index (χ4n) is 3.49. The number of halogens is 1. The number of aromatic nitrogens is 2. The molecule has 2 heterocycles. The second-order valence-electron chi connectivity index (χ2n) is 6.99. The number of carbonyl (C=O) groups excluding carboxylic acids is 2. The van der Waals surface area contributed by atoms with Crippen LogP contribution in [0.5, 0.6) is 0 Å². The smallest absolute Gasteiger partial charge is 0.408 e. The third kappa shape index (κ3) is 4.65. The van der Waals surface area contributed by atoms with Gasteiger partial charge in [-0.25, -0.2) is 4.79 Å². The maximum atomic E-state index is 12.5. The highest BCUT2D eigenvalue weighted by atomic mass is 35.5. The number of hydrogen-bond donors (Lipinski definition) is 1. The van der Waals surface area contributed by atoms with Crippen LogP contribution in [0.25, 0.3) is 0 Å². The predicted molar refractivity (Wildman–Crippen MR) is 113 cm³/mol. The number of thiophene rings is 1. The summed E-state index contributed by atoms with van der Waals surface area (Å²) in [7, 11) is 0. The first kappa shape index (κ1) is 22.2. The van der Waals surface area contributed by atoms with E-state index in [1.165, 1.54) is 16.0 Å². The maximum Gasteiger partial charge on any atom is 0.408 e. The van der Waals surface area contributed by atoms with Crippen molar-refractivity contribution >= 4 is 45.6 Å². The van der Waals surface area contributed by atoms with Crippen LogP contribution in [0.1, 0.15) is 59.1 Å². The van der Waals surface area contributed by atoms with Crippen LogP contribution in [0, 0.1) is 17.0 Å². The van der Waals surface area contributed by atoms with Crippen LogP contribution in [-0.4, -0.2) is 33.2 Å². The van der Waals surface area contributed by atoms with Crippen LogP contribution in [0.4, 0.5) is 10.8 Å². The quantitative estimate of drug-likeness (QED) is 0.361. The summed E-state index contributed by atoms with van der Waals surface area (Å²) in [6.45, 7) is 3.99. The van der Waals surface area contributed by atoms with Crippen molar-refractivity contribution in [2.24, 2.45) is 0 Å². The number of ether oxygens (including phenoxy) is 1. The van der Waals surface area contributed by atoms with E-state index in [1.807, 2.05) is 0 Å². The lowest BCUT2D eigenvalue weighted by Gasteiger charge is -2.12. The van der Waals surface area contributed by atoms with Gasteiger partial charge in [-0.2, -0.15) is 4.68 Å². The van der Waals surface area contributed by atoms with Gasteiger partial charge in [0.15, 0.2) is 5.02 Å². The number of esters is 1. The van der Waals surface area contributed by atoms with Crippen molar-refractivity contribution in [1.29, 1.82) is 0 Å². The fourth-order valence-corrected chi connectivity index (χ4v) is 4.99. The molecule has 0 aromatic carbocycles. The van der Waals surface area contributed by atoms with Gasteiger partial charge >= 0.3 is 11.8 Å². The summed E-state index contributed by atoms with van der Waals surface area (Å²) in [6.07, 6.45) is 4.40. The molecule has 0 saturated carbocycles. The van der Waals surface area contributed by atoms with Gasteiger partial charge in [0, 0.05) is 11.3 Å². The number of aryl methyl sites for hydroxylation is 2. The molecular formula is C19H23ClN4O5S. The lowest BCUT2D eigenvalue weighted by Crippen LogP contribution is -2.16. The molecule has 0 radical (unpaired) electrons. The Labute approximate surface area is 182 Å². The number of nitrogens with one attached hydrogen (secondary N) is 1. The summed E-state index contributed by atoms with van der Waals surface area (Å²) in [5, 5.41) is 18.2. The molecule has 3 rings (SSSR count). The molecule has 1 amide bonds. The van der Waals surface area contributed by atoms with Gasteiger partial charge in [-0.3, -0.25) is 4.79 Å². The van der Waals surface area contributed by atoms with Crippen molar-refractivity contribution in [2.75, 3.05) is 11.9 Å². The highest BCUT2D eigenvalue weighted by molar-refractivity contribution is 7.17. The zero-order chi connectivity index (χ0) is 21.8. The molecule has 162 valence electrons. The van der Waals surface area contributed by atoms with Crippen molar-refractivity contribution in [3.05, 3.63) is 36.8 Å². The van der Waals surface area contributed by atoms with E-state index in [2.05, 4.69) is 10.4 Å². The van der Waals surface area contributed by atoms with Crippen molar-refractivity contribution in [1.82, 2.24) is 9.78 Å². The second-order valence-corrected chi connectivity index (χ2v) is 8.47. The molecule has 1 aliphatic rings. The van der Waals surface area contributed by atoms with E-state index in [9.17, 15) is 19.7 Å². The summed E-state index contributed by atoms with van der Waals surface area (Å²) in [5.41, 5.74) is 1.96. The van der Waals surface area contributed by atoms with Gasteiger partial charge in [-0.05, 0) is 56.4 Å². The standard InChI is InChI=1S/C19H23ClN4O5S/c1-3-29-19(26)15-12-7-4-5-8-13(12)30-18(15)21-14(25)9-6-10-23-11(2)16(20)17(22-23)24(27)28/h3-10H2,1-2H3,(H,21,25). The van der Waals surface area contributed by atoms with Gasteiger partial charge in [-0.1, -0.05) is 11.6 Å². The Hall–Kier alpha value is -2.46. The van der Waals surface area contributed by atoms with E-state index in [-0.39, 0.29) is 29.8 Å². The Morgan fingerprint density at radius 3 is 2.77 bits per heavy atom. The highest BCUT2D eigenvalue weighted by Crippen LogP contribution is 2.38. The molecule has 30 heavy (non-hydrogen) atoms. The largest absolute Gasteiger partial charge is 0.462 e. The summed E-state index contributed by atoms with van der Waals surface area (Å²) >= 11 is 7.38. The molecule has 2 aromatic rings. The topological polar surface area (TPSA) is 116 Å². The molecular weight excluding hydrogens is 432 g/mol. The number of anilines is 1. The Morgan fingerprint density at radius 2 is 2.10 bits per heavy atom. The first-order chi connectivity index (χ1) is 14.3. The van der Waals surface area contributed by atoms with Gasteiger partial charge in [0.1, 0.15) is 5.00 Å². The minimum Gasteiger partial charge on any atom is -0.462 e. The Balaban J connectivity index is 1.65. The van der Waals surface area contributed by atoms with Crippen LogP contribution in [0.2, 0.25) is 5.02 Å².